The van der Waals surface area contributed by atoms with E-state index in [4.69, 9.17) is 18.0 Å². The van der Waals surface area contributed by atoms with Crippen molar-refractivity contribution < 1.29 is 0 Å². The molecule has 0 aliphatic heterocycles. The number of pyridine rings is 1. The molecule has 19 heavy (non-hydrogen) atoms. The van der Waals surface area contributed by atoms with Gasteiger partial charge in [0, 0.05) is 30.2 Å². The molecule has 3 nitrogen and oxygen atoms in total. The molecule has 5 heteroatoms. The first-order valence-electron chi connectivity index (χ1n) is 6.42. The minimum Gasteiger partial charge on any atom is -0.389 e. The van der Waals surface area contributed by atoms with Crippen molar-refractivity contribution in [3.05, 3.63) is 23.0 Å². The van der Waals surface area contributed by atoms with E-state index in [1.54, 1.807) is 0 Å². The summed E-state index contributed by atoms with van der Waals surface area (Å²) < 4.78 is 0. The van der Waals surface area contributed by atoms with Crippen LogP contribution in [0.2, 0.25) is 0 Å². The van der Waals surface area contributed by atoms with Crippen molar-refractivity contribution in [1.29, 1.82) is 0 Å². The summed E-state index contributed by atoms with van der Waals surface area (Å²) in [6, 6.07) is 2.55. The summed E-state index contributed by atoms with van der Waals surface area (Å²) in [5.41, 5.74) is 9.79. The molecule has 0 aromatic carbocycles. The molecule has 1 atom stereocenters. The Hall–Kier alpha value is -0.810. The first kappa shape index (κ1) is 16.2. The molecule has 0 aliphatic carbocycles. The Bertz CT molecular complexity index is 460. The number of anilines is 1. The lowest BCUT2D eigenvalue weighted by molar-refractivity contribution is 0.672. The maximum Gasteiger partial charge on any atom is 0.107 e. The molecule has 1 unspecified atom stereocenters. The van der Waals surface area contributed by atoms with Gasteiger partial charge in [-0.3, -0.25) is 4.98 Å². The summed E-state index contributed by atoms with van der Waals surface area (Å²) in [4.78, 5) is 7.18. The standard InChI is InChI=1S/C14H23N3S2/c1-6-11(8-19-5)17(4)12-7-9(2)16-10(3)13(12)14(15)18/h7,11H,6,8H2,1-5H3,(H2,15,18). The van der Waals surface area contributed by atoms with Crippen LogP contribution in [0, 0.1) is 13.8 Å². The van der Waals surface area contributed by atoms with E-state index >= 15 is 0 Å². The largest absolute Gasteiger partial charge is 0.389 e. The van der Waals surface area contributed by atoms with Crippen LogP contribution < -0.4 is 10.6 Å². The Balaban J connectivity index is 3.27. The van der Waals surface area contributed by atoms with Gasteiger partial charge in [-0.15, -0.1) is 0 Å². The molecule has 2 N–H and O–H groups in total. The van der Waals surface area contributed by atoms with Crippen molar-refractivity contribution in [2.24, 2.45) is 5.73 Å². The van der Waals surface area contributed by atoms with E-state index in [1.165, 1.54) is 0 Å². The van der Waals surface area contributed by atoms with E-state index in [-0.39, 0.29) is 0 Å². The lowest BCUT2D eigenvalue weighted by atomic mass is 10.1. The molecule has 1 heterocycles. The van der Waals surface area contributed by atoms with Crippen molar-refractivity contribution in [2.75, 3.05) is 24.0 Å². The number of thiocarbonyl (C=S) groups is 1. The third-order valence-corrected chi connectivity index (χ3v) is 4.23. The average molecular weight is 297 g/mol. The van der Waals surface area contributed by atoms with Crippen LogP contribution in [0.15, 0.2) is 6.07 Å². The molecule has 0 saturated carbocycles. The smallest absolute Gasteiger partial charge is 0.107 e. The van der Waals surface area contributed by atoms with Gasteiger partial charge < -0.3 is 10.6 Å². The van der Waals surface area contributed by atoms with Gasteiger partial charge >= 0.3 is 0 Å². The highest BCUT2D eigenvalue weighted by atomic mass is 32.2. The monoisotopic (exact) mass is 297 g/mol. The Morgan fingerprint density at radius 3 is 2.63 bits per heavy atom. The Morgan fingerprint density at radius 2 is 2.16 bits per heavy atom. The third-order valence-electron chi connectivity index (χ3n) is 3.31. The fourth-order valence-corrected chi connectivity index (χ4v) is 3.38. The normalized spacial score (nSPS) is 12.3. The predicted octanol–water partition coefficient (Wildman–Crippen LogP) is 2.91. The summed E-state index contributed by atoms with van der Waals surface area (Å²) in [6.45, 7) is 6.18. The van der Waals surface area contributed by atoms with Gasteiger partial charge in [-0.2, -0.15) is 11.8 Å². The van der Waals surface area contributed by atoms with Crippen molar-refractivity contribution >= 4 is 34.7 Å². The zero-order valence-corrected chi connectivity index (χ0v) is 14.0. The Labute approximate surface area is 126 Å². The van der Waals surface area contributed by atoms with Crippen LogP contribution in [0.3, 0.4) is 0 Å². The van der Waals surface area contributed by atoms with Gasteiger partial charge in [0.2, 0.25) is 0 Å². The molecule has 0 bridgehead atoms. The van der Waals surface area contributed by atoms with Crippen molar-refractivity contribution in [3.8, 4) is 0 Å². The van der Waals surface area contributed by atoms with Crippen LogP contribution in [0.25, 0.3) is 0 Å². The molecular formula is C14H23N3S2. The van der Waals surface area contributed by atoms with Crippen LogP contribution in [-0.2, 0) is 0 Å². The molecule has 0 aliphatic rings. The fourth-order valence-electron chi connectivity index (χ4n) is 2.28. The number of nitrogens with zero attached hydrogens (tertiary/aromatic N) is 2. The molecule has 0 spiro atoms. The number of thioether (sulfide) groups is 1. The quantitative estimate of drug-likeness (QED) is 0.818. The topological polar surface area (TPSA) is 42.2 Å². The van der Waals surface area contributed by atoms with E-state index in [0.717, 1.165) is 34.8 Å². The second-order valence-electron chi connectivity index (χ2n) is 4.74. The highest BCUT2D eigenvalue weighted by Crippen LogP contribution is 2.26. The first-order valence-corrected chi connectivity index (χ1v) is 8.22. The molecule has 0 radical (unpaired) electrons. The third kappa shape index (κ3) is 3.83. The molecule has 0 fully saturated rings. The Morgan fingerprint density at radius 1 is 1.53 bits per heavy atom. The molecule has 1 rings (SSSR count). The van der Waals surface area contributed by atoms with Crippen LogP contribution in [0.4, 0.5) is 5.69 Å². The maximum absolute atomic E-state index is 5.88. The van der Waals surface area contributed by atoms with Gasteiger partial charge in [0.05, 0.1) is 11.3 Å². The molecule has 1 aromatic rings. The second-order valence-corrected chi connectivity index (χ2v) is 6.09. The minimum absolute atomic E-state index is 0.422. The Kier molecular flexibility index (Phi) is 6.07. The van der Waals surface area contributed by atoms with E-state index in [1.807, 2.05) is 25.6 Å². The zero-order valence-electron chi connectivity index (χ0n) is 12.4. The molecule has 0 amide bonds. The molecule has 1 aromatic heterocycles. The molecule has 0 saturated heterocycles. The summed E-state index contributed by atoms with van der Waals surface area (Å²) >= 11 is 7.05. The van der Waals surface area contributed by atoms with Crippen LogP contribution in [-0.4, -0.2) is 35.1 Å². The summed E-state index contributed by atoms with van der Waals surface area (Å²) in [5, 5.41) is 0. The highest BCUT2D eigenvalue weighted by Gasteiger charge is 2.19. The number of hydrogen-bond donors (Lipinski definition) is 1. The van der Waals surface area contributed by atoms with Crippen molar-refractivity contribution in [2.45, 2.75) is 33.2 Å². The van der Waals surface area contributed by atoms with E-state index in [9.17, 15) is 0 Å². The number of hydrogen-bond acceptors (Lipinski definition) is 4. The summed E-state index contributed by atoms with van der Waals surface area (Å²) in [5.74, 6) is 1.09. The van der Waals surface area contributed by atoms with Gasteiger partial charge in [-0.1, -0.05) is 19.1 Å². The zero-order chi connectivity index (χ0) is 14.6. The molecule has 106 valence electrons. The average Bonchev–Trinajstić information content (AvgIpc) is 2.33. The highest BCUT2D eigenvalue weighted by molar-refractivity contribution is 7.98. The lowest BCUT2D eigenvalue weighted by Crippen LogP contribution is -2.35. The maximum atomic E-state index is 5.88. The minimum atomic E-state index is 0.422. The van der Waals surface area contributed by atoms with E-state index < -0.39 is 0 Å². The SMILES string of the molecule is CCC(CSC)N(C)c1cc(C)nc(C)c1C(N)=S. The van der Waals surface area contributed by atoms with Gasteiger partial charge in [0.25, 0.3) is 0 Å². The van der Waals surface area contributed by atoms with Crippen molar-refractivity contribution in [3.63, 3.8) is 0 Å². The second kappa shape index (κ2) is 7.10. The van der Waals surface area contributed by atoms with Crippen LogP contribution >= 0.6 is 24.0 Å². The van der Waals surface area contributed by atoms with Gasteiger partial charge in [0.1, 0.15) is 4.99 Å². The van der Waals surface area contributed by atoms with E-state index in [0.29, 0.717) is 11.0 Å². The van der Waals surface area contributed by atoms with Crippen molar-refractivity contribution in [1.82, 2.24) is 4.98 Å². The number of rotatable bonds is 6. The van der Waals surface area contributed by atoms with Gasteiger partial charge in [-0.25, -0.2) is 0 Å². The number of aromatic nitrogens is 1. The summed E-state index contributed by atoms with van der Waals surface area (Å²) in [6.07, 6.45) is 3.22. The van der Waals surface area contributed by atoms with E-state index in [2.05, 4.69) is 36.2 Å². The van der Waals surface area contributed by atoms with Gasteiger partial charge in [0.15, 0.2) is 0 Å². The summed E-state index contributed by atoms with van der Waals surface area (Å²) in [7, 11) is 2.11. The van der Waals surface area contributed by atoms with Gasteiger partial charge in [-0.05, 0) is 32.6 Å². The first-order chi connectivity index (χ1) is 8.92. The number of aryl methyl sites for hydroxylation is 2. The lowest BCUT2D eigenvalue weighted by Gasteiger charge is -2.31. The van der Waals surface area contributed by atoms with Crippen LogP contribution in [0.1, 0.15) is 30.3 Å². The number of nitrogens with two attached hydrogens (primary N) is 1. The van der Waals surface area contributed by atoms with Crippen LogP contribution in [0.5, 0.6) is 0 Å². The predicted molar refractivity (Wildman–Crippen MR) is 90.5 cm³/mol. The molecular weight excluding hydrogens is 274 g/mol. The fraction of sp³-hybridized carbons (Fsp3) is 0.571.